The third-order valence-electron chi connectivity index (χ3n) is 2.91. The van der Waals surface area contributed by atoms with Crippen molar-refractivity contribution in [2.75, 3.05) is 0 Å². The molecule has 0 spiro atoms. The zero-order valence-corrected chi connectivity index (χ0v) is 13.4. The molecule has 3 N–H and O–H groups in total. The predicted octanol–water partition coefficient (Wildman–Crippen LogP) is 4.21. The highest BCUT2D eigenvalue weighted by molar-refractivity contribution is 9.11. The molecule has 0 saturated carbocycles. The van der Waals surface area contributed by atoms with Gasteiger partial charge in [0.25, 0.3) is 0 Å². The van der Waals surface area contributed by atoms with Gasteiger partial charge in [0, 0.05) is 8.95 Å². The van der Waals surface area contributed by atoms with Crippen molar-refractivity contribution >= 4 is 31.9 Å². The van der Waals surface area contributed by atoms with Gasteiger partial charge in [0.15, 0.2) is 0 Å². The summed E-state index contributed by atoms with van der Waals surface area (Å²) in [5.41, 5.74) is 5.09. The molecule has 0 fully saturated rings. The molecule has 2 rings (SSSR count). The lowest BCUT2D eigenvalue weighted by molar-refractivity contribution is 0.599. The molecule has 2 aromatic rings. The van der Waals surface area contributed by atoms with Crippen LogP contribution in [0.3, 0.4) is 0 Å². The Labute approximate surface area is 128 Å². The monoisotopic (exact) mass is 386 g/mol. The van der Waals surface area contributed by atoms with Crippen molar-refractivity contribution in [1.82, 2.24) is 5.43 Å². The van der Waals surface area contributed by atoms with Gasteiger partial charge in [0.1, 0.15) is 5.82 Å². The van der Waals surface area contributed by atoms with Gasteiger partial charge in [-0.1, -0.05) is 44.0 Å². The van der Waals surface area contributed by atoms with Gasteiger partial charge in [0.05, 0.1) is 6.04 Å². The molecule has 0 aliphatic heterocycles. The van der Waals surface area contributed by atoms with Crippen molar-refractivity contribution in [1.29, 1.82) is 0 Å². The summed E-state index contributed by atoms with van der Waals surface area (Å²) in [6.07, 6.45) is 0. The average Bonchev–Trinajstić information content (AvgIpc) is 2.33. The summed E-state index contributed by atoms with van der Waals surface area (Å²) in [6, 6.07) is 10.7. The first kappa shape index (κ1) is 14.7. The van der Waals surface area contributed by atoms with Crippen LogP contribution in [-0.2, 0) is 0 Å². The van der Waals surface area contributed by atoms with E-state index in [1.54, 1.807) is 13.0 Å². The Morgan fingerprint density at radius 3 is 2.21 bits per heavy atom. The molecular weight excluding hydrogens is 375 g/mol. The minimum Gasteiger partial charge on any atom is -0.271 e. The Bertz CT molecular complexity index is 582. The van der Waals surface area contributed by atoms with Crippen LogP contribution in [0.2, 0.25) is 0 Å². The second-order valence-corrected chi connectivity index (χ2v) is 6.14. The molecule has 100 valence electrons. The molecule has 0 aliphatic carbocycles. The summed E-state index contributed by atoms with van der Waals surface area (Å²) in [7, 11) is 0. The number of benzene rings is 2. The first-order valence-corrected chi connectivity index (χ1v) is 7.28. The molecule has 1 atom stereocenters. The van der Waals surface area contributed by atoms with Crippen LogP contribution >= 0.6 is 31.9 Å². The van der Waals surface area contributed by atoms with Gasteiger partial charge in [-0.05, 0) is 47.9 Å². The first-order chi connectivity index (χ1) is 9.01. The lowest BCUT2D eigenvalue weighted by atomic mass is 9.98. The Morgan fingerprint density at radius 1 is 1.05 bits per heavy atom. The van der Waals surface area contributed by atoms with Gasteiger partial charge in [0.2, 0.25) is 0 Å². The molecule has 1 unspecified atom stereocenters. The van der Waals surface area contributed by atoms with E-state index in [0.717, 1.165) is 20.1 Å². The van der Waals surface area contributed by atoms with Crippen molar-refractivity contribution in [3.05, 3.63) is 67.9 Å². The van der Waals surface area contributed by atoms with E-state index in [-0.39, 0.29) is 11.9 Å². The van der Waals surface area contributed by atoms with Crippen LogP contribution in [0.15, 0.2) is 45.3 Å². The van der Waals surface area contributed by atoms with Crippen molar-refractivity contribution in [3.63, 3.8) is 0 Å². The van der Waals surface area contributed by atoms with E-state index in [0.29, 0.717) is 5.56 Å². The molecule has 5 heteroatoms. The number of nitrogens with one attached hydrogen (secondary N) is 1. The molecule has 0 amide bonds. The van der Waals surface area contributed by atoms with Crippen molar-refractivity contribution in [3.8, 4) is 0 Å². The lowest BCUT2D eigenvalue weighted by Gasteiger charge is -2.18. The maximum Gasteiger partial charge on any atom is 0.126 e. The normalized spacial score (nSPS) is 12.5. The van der Waals surface area contributed by atoms with E-state index in [2.05, 4.69) is 37.3 Å². The van der Waals surface area contributed by atoms with Crippen LogP contribution < -0.4 is 11.3 Å². The molecule has 0 bridgehead atoms. The summed E-state index contributed by atoms with van der Waals surface area (Å²) in [4.78, 5) is 0. The van der Waals surface area contributed by atoms with Crippen LogP contribution in [-0.4, -0.2) is 0 Å². The van der Waals surface area contributed by atoms with Gasteiger partial charge in [-0.2, -0.15) is 0 Å². The van der Waals surface area contributed by atoms with Gasteiger partial charge in [-0.15, -0.1) is 0 Å². The maximum atomic E-state index is 13.7. The zero-order valence-electron chi connectivity index (χ0n) is 10.3. The molecule has 0 saturated heterocycles. The Hall–Kier alpha value is -0.750. The number of nitrogens with two attached hydrogens (primary N) is 1. The van der Waals surface area contributed by atoms with E-state index in [9.17, 15) is 4.39 Å². The maximum absolute atomic E-state index is 13.7. The highest BCUT2D eigenvalue weighted by atomic mass is 79.9. The van der Waals surface area contributed by atoms with E-state index in [1.165, 1.54) is 6.07 Å². The first-order valence-electron chi connectivity index (χ1n) is 5.69. The summed E-state index contributed by atoms with van der Waals surface area (Å²) in [6.45, 7) is 1.74. The fraction of sp³-hybridized carbons (Fsp3) is 0.143. The van der Waals surface area contributed by atoms with Crippen LogP contribution in [0.25, 0.3) is 0 Å². The summed E-state index contributed by atoms with van der Waals surface area (Å²) in [5, 5.41) is 0. The molecule has 2 aromatic carbocycles. The summed E-state index contributed by atoms with van der Waals surface area (Å²) >= 11 is 6.87. The highest BCUT2D eigenvalue weighted by Crippen LogP contribution is 2.28. The minimum absolute atomic E-state index is 0.230. The third-order valence-corrected chi connectivity index (χ3v) is 3.83. The van der Waals surface area contributed by atoms with E-state index >= 15 is 0 Å². The van der Waals surface area contributed by atoms with Gasteiger partial charge in [-0.25, -0.2) is 9.82 Å². The standard InChI is InChI=1S/C14H13Br2FN2/c1-8-2-3-9(6-13(8)17)14(19-18)10-4-11(15)7-12(16)5-10/h2-7,14,19H,18H2,1H3. The van der Waals surface area contributed by atoms with Gasteiger partial charge in [-0.3, -0.25) is 5.84 Å². The van der Waals surface area contributed by atoms with Crippen molar-refractivity contribution in [2.24, 2.45) is 5.84 Å². The van der Waals surface area contributed by atoms with E-state index < -0.39 is 0 Å². The number of rotatable bonds is 3. The number of hydrogen-bond donors (Lipinski definition) is 2. The predicted molar refractivity (Wildman–Crippen MR) is 82.1 cm³/mol. The van der Waals surface area contributed by atoms with Crippen LogP contribution in [0, 0.1) is 12.7 Å². The Kier molecular flexibility index (Phi) is 4.73. The summed E-state index contributed by atoms with van der Waals surface area (Å²) in [5.74, 6) is 5.39. The average molecular weight is 388 g/mol. The van der Waals surface area contributed by atoms with Crippen LogP contribution in [0.5, 0.6) is 0 Å². The Morgan fingerprint density at radius 2 is 1.68 bits per heavy atom. The minimum atomic E-state index is -0.260. The molecule has 0 radical (unpaired) electrons. The second kappa shape index (κ2) is 6.13. The van der Waals surface area contributed by atoms with Gasteiger partial charge >= 0.3 is 0 Å². The summed E-state index contributed by atoms with van der Waals surface area (Å²) < 4.78 is 15.5. The van der Waals surface area contributed by atoms with Crippen LogP contribution in [0.4, 0.5) is 4.39 Å². The molecule has 0 aliphatic rings. The second-order valence-electron chi connectivity index (χ2n) is 4.31. The number of halogens is 3. The SMILES string of the molecule is Cc1ccc(C(NN)c2cc(Br)cc(Br)c2)cc1F. The number of aryl methyl sites for hydroxylation is 1. The van der Waals surface area contributed by atoms with Gasteiger partial charge < -0.3 is 0 Å². The van der Waals surface area contributed by atoms with E-state index in [1.807, 2.05) is 24.3 Å². The lowest BCUT2D eigenvalue weighted by Crippen LogP contribution is -2.29. The van der Waals surface area contributed by atoms with Crippen molar-refractivity contribution < 1.29 is 4.39 Å². The Balaban J connectivity index is 2.46. The third kappa shape index (κ3) is 3.42. The van der Waals surface area contributed by atoms with Crippen LogP contribution in [0.1, 0.15) is 22.7 Å². The largest absolute Gasteiger partial charge is 0.271 e. The molecule has 0 heterocycles. The van der Waals surface area contributed by atoms with E-state index in [4.69, 9.17) is 5.84 Å². The highest BCUT2D eigenvalue weighted by Gasteiger charge is 2.14. The topological polar surface area (TPSA) is 38.0 Å². The zero-order chi connectivity index (χ0) is 14.0. The smallest absolute Gasteiger partial charge is 0.126 e. The number of hydrazine groups is 1. The fourth-order valence-corrected chi connectivity index (χ4v) is 3.24. The number of hydrogen-bond acceptors (Lipinski definition) is 2. The van der Waals surface area contributed by atoms with Crippen molar-refractivity contribution in [2.45, 2.75) is 13.0 Å². The molecule has 0 aromatic heterocycles. The molecule has 19 heavy (non-hydrogen) atoms. The quantitative estimate of drug-likeness (QED) is 0.611. The fourth-order valence-electron chi connectivity index (χ4n) is 1.92. The molecule has 2 nitrogen and oxygen atoms in total. The molecular formula is C14H13Br2FN2.